The van der Waals surface area contributed by atoms with E-state index in [1.54, 1.807) is 17.0 Å². The molecule has 1 aromatic carbocycles. The molecule has 2 N–H and O–H groups in total. The SMILES string of the molecule is CC(NC(=O)N1CC(=O)NC2CCCCC21)c1ccc(C#N)cc1. The van der Waals surface area contributed by atoms with Crippen molar-refractivity contribution in [1.82, 2.24) is 15.5 Å². The van der Waals surface area contributed by atoms with Gasteiger partial charge >= 0.3 is 6.03 Å². The second-order valence-electron chi connectivity index (χ2n) is 6.56. The van der Waals surface area contributed by atoms with Crippen LogP contribution in [0.15, 0.2) is 24.3 Å². The van der Waals surface area contributed by atoms with Crippen LogP contribution in [0, 0.1) is 11.3 Å². The highest BCUT2D eigenvalue weighted by atomic mass is 16.2. The number of urea groups is 1. The summed E-state index contributed by atoms with van der Waals surface area (Å²) < 4.78 is 0. The molecule has 2 aliphatic rings. The van der Waals surface area contributed by atoms with Crippen molar-refractivity contribution in [3.8, 4) is 6.07 Å². The second-order valence-corrected chi connectivity index (χ2v) is 6.56. The molecule has 1 saturated heterocycles. The molecule has 6 heteroatoms. The number of nitrogens with one attached hydrogen (secondary N) is 2. The van der Waals surface area contributed by atoms with E-state index in [4.69, 9.17) is 5.26 Å². The number of nitriles is 1. The minimum atomic E-state index is -0.196. The highest BCUT2D eigenvalue weighted by molar-refractivity contribution is 5.86. The summed E-state index contributed by atoms with van der Waals surface area (Å²) in [5.41, 5.74) is 1.53. The predicted molar refractivity (Wildman–Crippen MR) is 89.0 cm³/mol. The Hall–Kier alpha value is -2.55. The van der Waals surface area contributed by atoms with E-state index in [1.165, 1.54) is 0 Å². The highest BCUT2D eigenvalue weighted by Crippen LogP contribution is 2.26. The van der Waals surface area contributed by atoms with Gasteiger partial charge in [-0.2, -0.15) is 5.26 Å². The Balaban J connectivity index is 1.68. The fourth-order valence-corrected chi connectivity index (χ4v) is 3.60. The molecule has 6 nitrogen and oxygen atoms in total. The Morgan fingerprint density at radius 3 is 2.75 bits per heavy atom. The molecule has 3 rings (SSSR count). The van der Waals surface area contributed by atoms with Crippen molar-refractivity contribution in [3.63, 3.8) is 0 Å². The Bertz CT molecular complexity index is 665. The van der Waals surface area contributed by atoms with Crippen molar-refractivity contribution < 1.29 is 9.59 Å². The zero-order valence-corrected chi connectivity index (χ0v) is 13.8. The van der Waals surface area contributed by atoms with Gasteiger partial charge in [0.1, 0.15) is 6.54 Å². The molecule has 1 heterocycles. The topological polar surface area (TPSA) is 85.2 Å². The maximum absolute atomic E-state index is 12.7. The summed E-state index contributed by atoms with van der Waals surface area (Å²) in [6.07, 6.45) is 4.06. The number of carbonyl (C=O) groups is 2. The normalized spacial score (nSPS) is 24.3. The van der Waals surface area contributed by atoms with Gasteiger partial charge in [-0.3, -0.25) is 4.79 Å². The van der Waals surface area contributed by atoms with Gasteiger partial charge in [0.2, 0.25) is 5.91 Å². The van der Waals surface area contributed by atoms with Gasteiger partial charge < -0.3 is 15.5 Å². The summed E-state index contributed by atoms with van der Waals surface area (Å²) in [6.45, 7) is 2.02. The number of benzene rings is 1. The van der Waals surface area contributed by atoms with E-state index in [1.807, 2.05) is 19.1 Å². The number of fused-ring (bicyclic) bond motifs is 1. The molecule has 0 bridgehead atoms. The third kappa shape index (κ3) is 3.35. The zero-order valence-electron chi connectivity index (χ0n) is 13.8. The molecule has 0 spiro atoms. The number of rotatable bonds is 2. The quantitative estimate of drug-likeness (QED) is 0.872. The van der Waals surface area contributed by atoms with E-state index >= 15 is 0 Å². The molecular weight excluding hydrogens is 304 g/mol. The summed E-state index contributed by atoms with van der Waals surface area (Å²) >= 11 is 0. The maximum atomic E-state index is 12.7. The lowest BCUT2D eigenvalue weighted by Gasteiger charge is -2.44. The van der Waals surface area contributed by atoms with Crippen LogP contribution in [-0.2, 0) is 4.79 Å². The number of hydrogen-bond donors (Lipinski definition) is 2. The molecule has 126 valence electrons. The molecule has 0 radical (unpaired) electrons. The first-order chi connectivity index (χ1) is 11.6. The van der Waals surface area contributed by atoms with Crippen molar-refractivity contribution in [3.05, 3.63) is 35.4 Å². The lowest BCUT2D eigenvalue weighted by molar-refractivity contribution is -0.126. The van der Waals surface area contributed by atoms with E-state index in [9.17, 15) is 9.59 Å². The van der Waals surface area contributed by atoms with E-state index < -0.39 is 0 Å². The van der Waals surface area contributed by atoms with E-state index in [2.05, 4.69) is 16.7 Å². The Kier molecular flexibility index (Phi) is 4.70. The van der Waals surface area contributed by atoms with Crippen LogP contribution in [0.4, 0.5) is 4.79 Å². The number of amides is 3. The van der Waals surface area contributed by atoms with Gasteiger partial charge in [0.25, 0.3) is 0 Å². The van der Waals surface area contributed by atoms with Crippen LogP contribution in [-0.4, -0.2) is 35.5 Å². The minimum Gasteiger partial charge on any atom is -0.350 e. The molecule has 3 atom stereocenters. The van der Waals surface area contributed by atoms with Crippen LogP contribution in [0.2, 0.25) is 0 Å². The zero-order chi connectivity index (χ0) is 17.1. The fourth-order valence-electron chi connectivity index (χ4n) is 3.60. The summed E-state index contributed by atoms with van der Waals surface area (Å²) in [5.74, 6) is -0.0840. The lowest BCUT2D eigenvalue weighted by Crippen LogP contribution is -2.64. The van der Waals surface area contributed by atoms with Crippen LogP contribution in [0.3, 0.4) is 0 Å². The average molecular weight is 326 g/mol. The van der Waals surface area contributed by atoms with Gasteiger partial charge in [-0.05, 0) is 37.5 Å². The first-order valence-corrected chi connectivity index (χ1v) is 8.45. The van der Waals surface area contributed by atoms with Gasteiger partial charge in [-0.25, -0.2) is 4.79 Å². The summed E-state index contributed by atoms with van der Waals surface area (Å²) in [7, 11) is 0. The predicted octanol–water partition coefficient (Wildman–Crippen LogP) is 2.07. The van der Waals surface area contributed by atoms with Crippen molar-refractivity contribution in [2.24, 2.45) is 0 Å². The largest absolute Gasteiger partial charge is 0.350 e. The molecule has 1 aliphatic carbocycles. The Morgan fingerprint density at radius 1 is 1.33 bits per heavy atom. The van der Waals surface area contributed by atoms with Crippen LogP contribution >= 0.6 is 0 Å². The summed E-state index contributed by atoms with van der Waals surface area (Å²) in [5, 5.41) is 14.8. The first-order valence-electron chi connectivity index (χ1n) is 8.45. The van der Waals surface area contributed by atoms with Crippen LogP contribution < -0.4 is 10.6 Å². The van der Waals surface area contributed by atoms with Crippen LogP contribution in [0.25, 0.3) is 0 Å². The number of piperazine rings is 1. The number of hydrogen-bond acceptors (Lipinski definition) is 3. The molecule has 3 amide bonds. The van der Waals surface area contributed by atoms with Gasteiger partial charge in [-0.15, -0.1) is 0 Å². The van der Waals surface area contributed by atoms with Gasteiger partial charge in [0, 0.05) is 6.04 Å². The first kappa shape index (κ1) is 16.3. The molecule has 1 saturated carbocycles. The molecule has 1 aliphatic heterocycles. The van der Waals surface area contributed by atoms with Crippen molar-refractivity contribution in [2.45, 2.75) is 50.7 Å². The van der Waals surface area contributed by atoms with E-state index in [-0.39, 0.29) is 36.6 Å². The monoisotopic (exact) mass is 326 g/mol. The summed E-state index contributed by atoms with van der Waals surface area (Å²) in [6, 6.07) is 9.04. The fraction of sp³-hybridized carbons (Fsp3) is 0.500. The third-order valence-electron chi connectivity index (χ3n) is 4.93. The second kappa shape index (κ2) is 6.91. The smallest absolute Gasteiger partial charge is 0.318 e. The molecule has 0 aromatic heterocycles. The standard InChI is InChI=1S/C18H22N4O2/c1-12(14-8-6-13(10-19)7-9-14)20-18(24)22-11-17(23)21-15-4-2-3-5-16(15)22/h6-9,12,15-16H,2-5,11H2,1H3,(H,20,24)(H,21,23). The van der Waals surface area contributed by atoms with Crippen LogP contribution in [0.1, 0.15) is 49.8 Å². The van der Waals surface area contributed by atoms with Crippen LogP contribution in [0.5, 0.6) is 0 Å². The summed E-state index contributed by atoms with van der Waals surface area (Å²) in [4.78, 5) is 26.3. The number of carbonyl (C=O) groups excluding carboxylic acids is 2. The molecule has 2 fully saturated rings. The third-order valence-corrected chi connectivity index (χ3v) is 4.93. The van der Waals surface area contributed by atoms with Gasteiger partial charge in [-0.1, -0.05) is 25.0 Å². The van der Waals surface area contributed by atoms with Gasteiger partial charge in [0.15, 0.2) is 0 Å². The maximum Gasteiger partial charge on any atom is 0.318 e. The van der Waals surface area contributed by atoms with Crippen molar-refractivity contribution >= 4 is 11.9 Å². The van der Waals surface area contributed by atoms with E-state index in [0.717, 1.165) is 31.2 Å². The molecular formula is C18H22N4O2. The lowest BCUT2D eigenvalue weighted by atomic mass is 9.87. The van der Waals surface area contributed by atoms with E-state index in [0.29, 0.717) is 5.56 Å². The molecule has 1 aromatic rings. The average Bonchev–Trinajstić information content (AvgIpc) is 2.60. The number of nitrogens with zero attached hydrogens (tertiary/aromatic N) is 2. The van der Waals surface area contributed by atoms with Crippen molar-refractivity contribution in [1.29, 1.82) is 5.26 Å². The Morgan fingerprint density at radius 2 is 2.04 bits per heavy atom. The highest BCUT2D eigenvalue weighted by Gasteiger charge is 2.39. The minimum absolute atomic E-state index is 0.0796. The van der Waals surface area contributed by atoms with Gasteiger partial charge in [0.05, 0.1) is 23.7 Å². The Labute approximate surface area is 141 Å². The van der Waals surface area contributed by atoms with Crippen molar-refractivity contribution in [2.75, 3.05) is 6.54 Å². The molecule has 24 heavy (non-hydrogen) atoms. The molecule has 3 unspecified atom stereocenters.